The highest BCUT2D eigenvalue weighted by molar-refractivity contribution is 5.90. The van der Waals surface area contributed by atoms with E-state index < -0.39 is 0 Å². The van der Waals surface area contributed by atoms with Crippen molar-refractivity contribution in [1.82, 2.24) is 30.0 Å². The molecule has 0 N–H and O–H groups in total. The van der Waals surface area contributed by atoms with Crippen molar-refractivity contribution in [3.05, 3.63) is 60.7 Å². The van der Waals surface area contributed by atoms with Gasteiger partial charge in [-0.2, -0.15) is 9.36 Å². The van der Waals surface area contributed by atoms with Gasteiger partial charge >= 0.3 is 0 Å². The van der Waals surface area contributed by atoms with E-state index in [0.29, 0.717) is 22.1 Å². The molecule has 2 aromatic carbocycles. The van der Waals surface area contributed by atoms with Crippen LogP contribution in [0.5, 0.6) is 0 Å². The Bertz CT molecular complexity index is 1050. The molecule has 0 radical (unpaired) electrons. The van der Waals surface area contributed by atoms with Crippen LogP contribution < -0.4 is 0 Å². The lowest BCUT2D eigenvalue weighted by molar-refractivity contribution is 0.0892. The molecule has 4 aromatic rings. The second kappa shape index (κ2) is 6.67. The van der Waals surface area contributed by atoms with Crippen molar-refractivity contribution in [3.8, 4) is 0 Å². The summed E-state index contributed by atoms with van der Waals surface area (Å²) in [6.45, 7) is 0. The predicted octanol–water partition coefficient (Wildman–Crippen LogP) is 2.49. The van der Waals surface area contributed by atoms with Gasteiger partial charge in [-0.15, -0.1) is 10.2 Å². The largest absolute Gasteiger partial charge is 0.272 e. The fourth-order valence-corrected chi connectivity index (χ4v) is 2.65. The molecule has 2 heterocycles. The fraction of sp³-hybridized carbons (Fsp3) is 0.111. The Hall–Kier alpha value is -3.68. The summed E-state index contributed by atoms with van der Waals surface area (Å²) in [5.74, 6) is -0.429. The van der Waals surface area contributed by atoms with Crippen LogP contribution >= 0.6 is 0 Å². The van der Waals surface area contributed by atoms with Crippen LogP contribution in [-0.4, -0.2) is 41.8 Å². The number of hydrogen-bond acceptors (Lipinski definition) is 6. The summed E-state index contributed by atoms with van der Waals surface area (Å²) in [6.07, 6.45) is 3.54. The Labute approximate surface area is 147 Å². The molecule has 8 nitrogen and oxygen atoms in total. The number of carbonyl (C=O) groups is 2. The van der Waals surface area contributed by atoms with Crippen molar-refractivity contribution >= 4 is 33.9 Å². The first kappa shape index (κ1) is 15.8. The van der Waals surface area contributed by atoms with Crippen LogP contribution in [0.25, 0.3) is 22.1 Å². The van der Waals surface area contributed by atoms with E-state index in [1.54, 1.807) is 36.4 Å². The minimum atomic E-state index is -0.214. The lowest BCUT2D eigenvalue weighted by Crippen LogP contribution is -2.12. The second-order valence-electron chi connectivity index (χ2n) is 5.65. The molecule has 0 amide bonds. The number of aromatic nitrogens is 6. The third-order valence-corrected chi connectivity index (χ3v) is 3.93. The molecule has 0 atom stereocenters. The van der Waals surface area contributed by atoms with Crippen molar-refractivity contribution in [2.75, 3.05) is 0 Å². The lowest BCUT2D eigenvalue weighted by Gasteiger charge is -1.99. The fourth-order valence-electron chi connectivity index (χ4n) is 2.65. The van der Waals surface area contributed by atoms with Crippen molar-refractivity contribution in [2.24, 2.45) is 0 Å². The number of allylic oxidation sites excluding steroid dienone is 2. The Kier molecular flexibility index (Phi) is 4.06. The van der Waals surface area contributed by atoms with Gasteiger partial charge in [0, 0.05) is 12.8 Å². The highest BCUT2D eigenvalue weighted by Crippen LogP contribution is 2.11. The lowest BCUT2D eigenvalue weighted by atomic mass is 10.2. The van der Waals surface area contributed by atoms with Gasteiger partial charge in [-0.05, 0) is 24.3 Å². The Morgan fingerprint density at radius 3 is 1.62 bits per heavy atom. The van der Waals surface area contributed by atoms with Crippen molar-refractivity contribution in [2.45, 2.75) is 12.8 Å². The molecule has 26 heavy (non-hydrogen) atoms. The van der Waals surface area contributed by atoms with E-state index in [2.05, 4.69) is 20.6 Å². The molecule has 0 aliphatic carbocycles. The van der Waals surface area contributed by atoms with Crippen molar-refractivity contribution < 1.29 is 9.59 Å². The summed E-state index contributed by atoms with van der Waals surface area (Å²) < 4.78 is 2.54. The normalized spacial score (nSPS) is 11.5. The van der Waals surface area contributed by atoms with Gasteiger partial charge in [-0.3, -0.25) is 9.59 Å². The summed E-state index contributed by atoms with van der Waals surface area (Å²) in [6, 6.07) is 14.5. The molecule has 8 heteroatoms. The first-order chi connectivity index (χ1) is 12.7. The van der Waals surface area contributed by atoms with Gasteiger partial charge in [0.2, 0.25) is 0 Å². The minimum Gasteiger partial charge on any atom is -0.272 e. The van der Waals surface area contributed by atoms with Gasteiger partial charge in [0.15, 0.2) is 0 Å². The SMILES string of the molecule is O=C(C/C=C/CC(=O)n1nnc2ccccc21)n1nnc2ccccc21. The average Bonchev–Trinajstić information content (AvgIpc) is 3.29. The molecular formula is C18H14N6O2. The molecule has 0 fully saturated rings. The summed E-state index contributed by atoms with van der Waals surface area (Å²) in [5.41, 5.74) is 2.66. The van der Waals surface area contributed by atoms with Crippen LogP contribution in [0, 0.1) is 0 Å². The van der Waals surface area contributed by atoms with Gasteiger partial charge in [0.25, 0.3) is 11.8 Å². The zero-order chi connectivity index (χ0) is 17.9. The zero-order valence-electron chi connectivity index (χ0n) is 13.7. The number of nitrogens with zero attached hydrogens (tertiary/aromatic N) is 6. The zero-order valence-corrected chi connectivity index (χ0v) is 13.7. The highest BCUT2D eigenvalue weighted by atomic mass is 16.2. The Morgan fingerprint density at radius 2 is 1.15 bits per heavy atom. The van der Waals surface area contributed by atoms with Gasteiger partial charge in [-0.25, -0.2) is 0 Å². The molecule has 128 valence electrons. The molecule has 0 spiro atoms. The quantitative estimate of drug-likeness (QED) is 0.527. The number of carbonyl (C=O) groups excluding carboxylic acids is 2. The molecule has 0 saturated carbocycles. The summed E-state index contributed by atoms with van der Waals surface area (Å²) >= 11 is 0. The van der Waals surface area contributed by atoms with E-state index in [-0.39, 0.29) is 24.7 Å². The predicted molar refractivity (Wildman–Crippen MR) is 94.7 cm³/mol. The van der Waals surface area contributed by atoms with Gasteiger partial charge in [0.1, 0.15) is 11.0 Å². The smallest absolute Gasteiger partial charge is 0.252 e. The van der Waals surface area contributed by atoms with E-state index in [9.17, 15) is 9.59 Å². The summed E-state index contributed by atoms with van der Waals surface area (Å²) in [4.78, 5) is 24.5. The maximum atomic E-state index is 12.3. The number of hydrogen-bond donors (Lipinski definition) is 0. The molecule has 0 bridgehead atoms. The molecular weight excluding hydrogens is 332 g/mol. The topological polar surface area (TPSA) is 95.6 Å². The maximum absolute atomic E-state index is 12.3. The van der Waals surface area contributed by atoms with E-state index >= 15 is 0 Å². The third-order valence-electron chi connectivity index (χ3n) is 3.93. The molecule has 0 aliphatic rings. The molecule has 0 aliphatic heterocycles. The summed E-state index contributed by atoms with van der Waals surface area (Å²) in [7, 11) is 0. The van der Waals surface area contributed by atoms with Gasteiger partial charge in [0.05, 0.1) is 11.0 Å². The molecule has 0 saturated heterocycles. The van der Waals surface area contributed by atoms with Crippen LogP contribution in [0.4, 0.5) is 0 Å². The Balaban J connectivity index is 1.41. The van der Waals surface area contributed by atoms with Crippen LogP contribution in [-0.2, 0) is 0 Å². The van der Waals surface area contributed by atoms with Crippen LogP contribution in [0.2, 0.25) is 0 Å². The number of benzene rings is 2. The van der Waals surface area contributed by atoms with E-state index in [4.69, 9.17) is 0 Å². The van der Waals surface area contributed by atoms with Crippen LogP contribution in [0.15, 0.2) is 60.7 Å². The standard InChI is InChI=1S/C18H14N6O2/c25-17(23-15-9-3-1-7-13(15)19-21-23)11-5-6-12-18(26)24-16-10-4-2-8-14(16)20-22-24/h1-10H,11-12H2/b6-5+. The van der Waals surface area contributed by atoms with Crippen molar-refractivity contribution in [1.29, 1.82) is 0 Å². The average molecular weight is 346 g/mol. The first-order valence-corrected chi connectivity index (χ1v) is 8.06. The van der Waals surface area contributed by atoms with Gasteiger partial charge in [-0.1, -0.05) is 46.8 Å². The van der Waals surface area contributed by atoms with Crippen LogP contribution in [0.3, 0.4) is 0 Å². The third kappa shape index (κ3) is 2.88. The van der Waals surface area contributed by atoms with E-state index in [0.717, 1.165) is 0 Å². The molecule has 4 rings (SSSR count). The van der Waals surface area contributed by atoms with Crippen LogP contribution in [0.1, 0.15) is 22.4 Å². The Morgan fingerprint density at radius 1 is 0.731 bits per heavy atom. The number of para-hydroxylation sites is 2. The van der Waals surface area contributed by atoms with E-state index in [1.165, 1.54) is 9.36 Å². The summed E-state index contributed by atoms with van der Waals surface area (Å²) in [5, 5.41) is 15.7. The highest BCUT2D eigenvalue weighted by Gasteiger charge is 2.11. The monoisotopic (exact) mass is 346 g/mol. The maximum Gasteiger partial charge on any atom is 0.252 e. The minimum absolute atomic E-state index is 0.124. The number of fused-ring (bicyclic) bond motifs is 2. The second-order valence-corrected chi connectivity index (χ2v) is 5.65. The van der Waals surface area contributed by atoms with Crippen molar-refractivity contribution in [3.63, 3.8) is 0 Å². The molecule has 0 unspecified atom stereocenters. The van der Waals surface area contributed by atoms with E-state index in [1.807, 2.05) is 24.3 Å². The number of rotatable bonds is 4. The van der Waals surface area contributed by atoms with Gasteiger partial charge < -0.3 is 0 Å². The first-order valence-electron chi connectivity index (χ1n) is 8.06. The molecule has 2 aromatic heterocycles.